The van der Waals surface area contributed by atoms with Crippen LogP contribution in [-0.4, -0.2) is 45.5 Å². The minimum absolute atomic E-state index is 0.0450. The van der Waals surface area contributed by atoms with Gasteiger partial charge in [0.25, 0.3) is 17.5 Å². The summed E-state index contributed by atoms with van der Waals surface area (Å²) in [6.45, 7) is 2.25. The molecule has 0 atom stereocenters. The largest absolute Gasteiger partial charge is 0.343 e. The van der Waals surface area contributed by atoms with Gasteiger partial charge in [-0.1, -0.05) is 11.6 Å². The van der Waals surface area contributed by atoms with Crippen LogP contribution < -0.4 is 5.32 Å². The summed E-state index contributed by atoms with van der Waals surface area (Å²) >= 11 is 5.74. The van der Waals surface area contributed by atoms with E-state index in [9.17, 15) is 19.7 Å². The second kappa shape index (κ2) is 7.31. The number of aromatic nitrogens is 2. The minimum atomic E-state index is -0.671. The molecule has 0 saturated carbocycles. The molecule has 0 fully saturated rings. The van der Waals surface area contributed by atoms with E-state index < -0.39 is 10.8 Å². The van der Waals surface area contributed by atoms with Crippen molar-refractivity contribution in [1.29, 1.82) is 0 Å². The van der Waals surface area contributed by atoms with Crippen molar-refractivity contribution in [2.24, 2.45) is 0 Å². The third-order valence-corrected chi connectivity index (χ3v) is 3.72. The number of hydrogen-bond acceptors (Lipinski definition) is 5. The van der Waals surface area contributed by atoms with Gasteiger partial charge >= 0.3 is 0 Å². The Labute approximate surface area is 148 Å². The van der Waals surface area contributed by atoms with Gasteiger partial charge in [0.1, 0.15) is 10.7 Å². The smallest absolute Gasteiger partial charge is 0.288 e. The van der Waals surface area contributed by atoms with Gasteiger partial charge in [-0.25, -0.2) is 0 Å². The highest BCUT2D eigenvalue weighted by Gasteiger charge is 2.22. The van der Waals surface area contributed by atoms with Crippen molar-refractivity contribution in [3.8, 4) is 0 Å². The van der Waals surface area contributed by atoms with Crippen LogP contribution in [-0.2, 0) is 6.54 Å². The fourth-order valence-corrected chi connectivity index (χ4v) is 2.33. The summed E-state index contributed by atoms with van der Waals surface area (Å²) in [6, 6.07) is 3.72. The zero-order chi connectivity index (χ0) is 18.7. The Morgan fingerprint density at radius 3 is 2.64 bits per heavy atom. The molecule has 1 aromatic heterocycles. The first-order valence-corrected chi connectivity index (χ1v) is 7.66. The second-order valence-corrected chi connectivity index (χ2v) is 5.71. The molecule has 2 rings (SSSR count). The van der Waals surface area contributed by atoms with Crippen LogP contribution in [0.2, 0.25) is 5.02 Å². The van der Waals surface area contributed by atoms with Crippen LogP contribution in [0.15, 0.2) is 24.4 Å². The maximum absolute atomic E-state index is 12.4. The first kappa shape index (κ1) is 18.4. The molecule has 0 unspecified atom stereocenters. The molecule has 25 heavy (non-hydrogen) atoms. The monoisotopic (exact) mass is 365 g/mol. The number of nitrogens with one attached hydrogen (secondary N) is 1. The summed E-state index contributed by atoms with van der Waals surface area (Å²) in [5.74, 6) is -0.931. The summed E-state index contributed by atoms with van der Waals surface area (Å²) in [5, 5.41) is 17.5. The van der Waals surface area contributed by atoms with Crippen molar-refractivity contribution in [2.75, 3.05) is 19.4 Å². The molecule has 9 nitrogen and oxygen atoms in total. The molecule has 0 aliphatic carbocycles. The molecule has 0 bridgehead atoms. The Hall–Kier alpha value is -2.94. The molecule has 2 aromatic rings. The maximum atomic E-state index is 12.4. The van der Waals surface area contributed by atoms with E-state index in [-0.39, 0.29) is 33.6 Å². The molecule has 1 aromatic carbocycles. The van der Waals surface area contributed by atoms with E-state index in [0.717, 1.165) is 6.07 Å². The SMILES string of the molecule is CCn1ncc(NC(=O)c2ccc(Cl)c([N+](=O)[O-])c2)c1C(=O)N(C)C. The highest BCUT2D eigenvalue weighted by Crippen LogP contribution is 2.26. The average Bonchev–Trinajstić information content (AvgIpc) is 2.96. The summed E-state index contributed by atoms with van der Waals surface area (Å²) < 4.78 is 1.46. The molecule has 2 amide bonds. The van der Waals surface area contributed by atoms with Crippen molar-refractivity contribution in [2.45, 2.75) is 13.5 Å². The Balaban J connectivity index is 2.36. The van der Waals surface area contributed by atoms with Crippen molar-refractivity contribution in [1.82, 2.24) is 14.7 Å². The molecule has 0 spiro atoms. The van der Waals surface area contributed by atoms with E-state index in [1.54, 1.807) is 14.1 Å². The zero-order valence-electron chi connectivity index (χ0n) is 13.8. The van der Waals surface area contributed by atoms with Gasteiger partial charge in [0.15, 0.2) is 0 Å². The summed E-state index contributed by atoms with van der Waals surface area (Å²) in [7, 11) is 3.17. The van der Waals surface area contributed by atoms with E-state index >= 15 is 0 Å². The number of nitro groups is 1. The zero-order valence-corrected chi connectivity index (χ0v) is 14.6. The van der Waals surface area contributed by atoms with Gasteiger partial charge in [-0.2, -0.15) is 5.10 Å². The van der Waals surface area contributed by atoms with Gasteiger partial charge in [0.05, 0.1) is 16.8 Å². The number of anilines is 1. The van der Waals surface area contributed by atoms with Gasteiger partial charge in [-0.3, -0.25) is 24.4 Å². The fraction of sp³-hybridized carbons (Fsp3) is 0.267. The van der Waals surface area contributed by atoms with Gasteiger partial charge < -0.3 is 10.2 Å². The van der Waals surface area contributed by atoms with E-state index in [4.69, 9.17) is 11.6 Å². The van der Waals surface area contributed by atoms with Gasteiger partial charge in [-0.15, -0.1) is 0 Å². The van der Waals surface area contributed by atoms with Crippen molar-refractivity contribution in [3.63, 3.8) is 0 Å². The summed E-state index contributed by atoms with van der Waals surface area (Å²) in [6.07, 6.45) is 1.36. The predicted molar refractivity (Wildman–Crippen MR) is 92.0 cm³/mol. The molecule has 0 saturated heterocycles. The topological polar surface area (TPSA) is 110 Å². The van der Waals surface area contributed by atoms with Crippen molar-refractivity contribution < 1.29 is 14.5 Å². The summed E-state index contributed by atoms with van der Waals surface area (Å²) in [5.41, 5.74) is 0.124. The molecule has 132 valence electrons. The lowest BCUT2D eigenvalue weighted by Gasteiger charge is -2.13. The highest BCUT2D eigenvalue weighted by atomic mass is 35.5. The van der Waals surface area contributed by atoms with Crippen LogP contribution in [0.3, 0.4) is 0 Å². The number of nitrogens with zero attached hydrogens (tertiary/aromatic N) is 4. The lowest BCUT2D eigenvalue weighted by Crippen LogP contribution is -2.26. The van der Waals surface area contributed by atoms with Gasteiger partial charge in [-0.05, 0) is 19.1 Å². The molecular formula is C15H16ClN5O4. The van der Waals surface area contributed by atoms with Crippen LogP contribution in [0, 0.1) is 10.1 Å². The predicted octanol–water partition coefficient (Wildman–Crippen LogP) is 2.42. The second-order valence-electron chi connectivity index (χ2n) is 5.30. The average molecular weight is 366 g/mol. The fourth-order valence-electron chi connectivity index (χ4n) is 2.14. The number of nitro benzene ring substituents is 1. The molecule has 0 aliphatic rings. The number of rotatable bonds is 5. The lowest BCUT2D eigenvalue weighted by molar-refractivity contribution is -0.384. The number of aryl methyl sites for hydroxylation is 1. The van der Waals surface area contributed by atoms with E-state index in [1.807, 2.05) is 6.92 Å². The van der Waals surface area contributed by atoms with E-state index in [1.165, 1.54) is 27.9 Å². The number of hydrogen-bond donors (Lipinski definition) is 1. The Kier molecular flexibility index (Phi) is 5.38. The molecule has 1 heterocycles. The first-order valence-electron chi connectivity index (χ1n) is 7.29. The molecule has 1 N–H and O–H groups in total. The van der Waals surface area contributed by atoms with E-state index in [0.29, 0.717) is 6.54 Å². The standard InChI is InChI=1S/C15H16ClN5O4/c1-4-20-13(15(23)19(2)3)11(8-17-20)18-14(22)9-5-6-10(16)12(7-9)21(24)25/h5-8H,4H2,1-3H3,(H,18,22). The number of carbonyl (C=O) groups excluding carboxylic acids is 2. The molecular weight excluding hydrogens is 350 g/mol. The number of benzene rings is 1. The molecule has 0 radical (unpaired) electrons. The van der Waals surface area contributed by atoms with Gasteiger partial charge in [0, 0.05) is 32.3 Å². The summed E-state index contributed by atoms with van der Waals surface area (Å²) in [4.78, 5) is 36.4. The van der Waals surface area contributed by atoms with Crippen LogP contribution in [0.25, 0.3) is 0 Å². The highest BCUT2D eigenvalue weighted by molar-refractivity contribution is 6.32. The number of amides is 2. The quantitative estimate of drug-likeness (QED) is 0.646. The number of halogens is 1. The van der Waals surface area contributed by atoms with Crippen LogP contribution >= 0.6 is 11.6 Å². The normalized spacial score (nSPS) is 10.4. The minimum Gasteiger partial charge on any atom is -0.343 e. The molecule has 10 heteroatoms. The van der Waals surface area contributed by atoms with Gasteiger partial charge in [0.2, 0.25) is 0 Å². The lowest BCUT2D eigenvalue weighted by atomic mass is 10.2. The van der Waals surface area contributed by atoms with Crippen molar-refractivity contribution >= 4 is 34.8 Å². The Morgan fingerprint density at radius 1 is 1.40 bits per heavy atom. The molecule has 0 aliphatic heterocycles. The van der Waals surface area contributed by atoms with Crippen molar-refractivity contribution in [3.05, 3.63) is 50.8 Å². The first-order chi connectivity index (χ1) is 11.8. The third-order valence-electron chi connectivity index (χ3n) is 3.40. The maximum Gasteiger partial charge on any atom is 0.288 e. The van der Waals surface area contributed by atoms with E-state index in [2.05, 4.69) is 10.4 Å². The number of carbonyl (C=O) groups is 2. The Bertz CT molecular complexity index is 846. The third kappa shape index (κ3) is 3.77. The van der Waals surface area contributed by atoms with Crippen LogP contribution in [0.1, 0.15) is 27.8 Å². The Morgan fingerprint density at radius 2 is 2.08 bits per heavy atom. The van der Waals surface area contributed by atoms with Crippen LogP contribution in [0.5, 0.6) is 0 Å². The van der Waals surface area contributed by atoms with Crippen LogP contribution in [0.4, 0.5) is 11.4 Å².